The lowest BCUT2D eigenvalue weighted by molar-refractivity contribution is -0.109. The molecule has 5 heteroatoms. The summed E-state index contributed by atoms with van der Waals surface area (Å²) in [6.07, 6.45) is 4.86. The van der Waals surface area contributed by atoms with Gasteiger partial charge in [0.25, 0.3) is 0 Å². The van der Waals surface area contributed by atoms with Crippen molar-refractivity contribution < 1.29 is 13.9 Å². The minimum atomic E-state index is -0.0654. The monoisotopic (exact) mass is 414 g/mol. The average molecular weight is 415 g/mol. The maximum Gasteiger partial charge on any atom is 0.122 e. The van der Waals surface area contributed by atoms with E-state index in [1.807, 2.05) is 18.2 Å². The van der Waals surface area contributed by atoms with Crippen LogP contribution in [-0.4, -0.2) is 57.9 Å². The van der Waals surface area contributed by atoms with Crippen molar-refractivity contribution >= 4 is 0 Å². The summed E-state index contributed by atoms with van der Waals surface area (Å²) in [4.78, 5) is 2.31. The van der Waals surface area contributed by atoms with E-state index in [-0.39, 0.29) is 16.9 Å². The van der Waals surface area contributed by atoms with E-state index in [0.29, 0.717) is 0 Å². The number of methoxy groups -OCH3 is 1. The number of nitrogens with one attached hydrogen (secondary N) is 1. The molecule has 2 aromatic rings. The van der Waals surface area contributed by atoms with Gasteiger partial charge in [-0.1, -0.05) is 18.2 Å². The molecule has 30 heavy (non-hydrogen) atoms. The molecule has 1 fully saturated rings. The summed E-state index contributed by atoms with van der Waals surface area (Å²) in [5.74, 6) is 2.06. The molecule has 0 radical (unpaired) electrons. The van der Waals surface area contributed by atoms with Gasteiger partial charge < -0.3 is 24.1 Å². The van der Waals surface area contributed by atoms with E-state index in [1.165, 1.54) is 5.56 Å². The highest BCUT2D eigenvalue weighted by molar-refractivity contribution is 5.39. The van der Waals surface area contributed by atoms with Crippen molar-refractivity contribution in [1.29, 1.82) is 0 Å². The van der Waals surface area contributed by atoms with Gasteiger partial charge in [0.15, 0.2) is 0 Å². The Morgan fingerprint density at radius 3 is 2.63 bits per heavy atom. The van der Waals surface area contributed by atoms with Crippen LogP contribution in [0.15, 0.2) is 47.1 Å². The van der Waals surface area contributed by atoms with Crippen LogP contribution in [0.4, 0.5) is 0 Å². The van der Waals surface area contributed by atoms with Crippen molar-refractivity contribution in [2.75, 3.05) is 47.4 Å². The second-order valence-electron chi connectivity index (χ2n) is 9.55. The number of para-hydroxylation sites is 1. The van der Waals surface area contributed by atoms with Gasteiger partial charge >= 0.3 is 0 Å². The van der Waals surface area contributed by atoms with E-state index in [4.69, 9.17) is 13.9 Å². The Bertz CT molecular complexity index is 772. The van der Waals surface area contributed by atoms with Crippen LogP contribution in [0, 0.1) is 5.41 Å². The van der Waals surface area contributed by atoms with Crippen LogP contribution >= 0.6 is 0 Å². The predicted octanol–water partition coefficient (Wildman–Crippen LogP) is 4.54. The molecule has 1 saturated heterocycles. The SMILES string of the molecule is COc1ccccc1C(CCNCC1(CN(C)C)CCOC(C)(C)C1)c1ccco1. The summed E-state index contributed by atoms with van der Waals surface area (Å²) in [6, 6.07) is 12.3. The lowest BCUT2D eigenvalue weighted by Gasteiger charge is -2.46. The number of furan rings is 1. The topological polar surface area (TPSA) is 46.9 Å². The fourth-order valence-corrected chi connectivity index (χ4v) is 5.09. The zero-order valence-corrected chi connectivity index (χ0v) is 19.2. The van der Waals surface area contributed by atoms with Crippen molar-refractivity contribution in [3.05, 3.63) is 54.0 Å². The standard InChI is InChI=1S/C25H38N2O3/c1-24(2)17-25(13-16-30-24,19-27(3)4)18-26-14-12-21(23-11-8-15-29-23)20-9-6-7-10-22(20)28-5/h6-11,15,21,26H,12-14,16-19H2,1-5H3. The second kappa shape index (κ2) is 9.99. The molecule has 166 valence electrons. The highest BCUT2D eigenvalue weighted by Gasteiger charge is 2.40. The van der Waals surface area contributed by atoms with Crippen LogP contribution in [-0.2, 0) is 4.74 Å². The van der Waals surface area contributed by atoms with E-state index in [1.54, 1.807) is 13.4 Å². The second-order valence-corrected chi connectivity index (χ2v) is 9.55. The Hall–Kier alpha value is -1.82. The molecular formula is C25H38N2O3. The maximum absolute atomic E-state index is 6.01. The number of benzene rings is 1. The van der Waals surface area contributed by atoms with Crippen molar-refractivity contribution in [3.63, 3.8) is 0 Å². The summed E-state index contributed by atoms with van der Waals surface area (Å²) >= 11 is 0. The zero-order chi connectivity index (χ0) is 21.6. The maximum atomic E-state index is 6.01. The Kier molecular flexibility index (Phi) is 7.61. The minimum Gasteiger partial charge on any atom is -0.496 e. The van der Waals surface area contributed by atoms with Crippen LogP contribution in [0.1, 0.15) is 50.4 Å². The highest BCUT2D eigenvalue weighted by atomic mass is 16.5. The molecule has 2 atom stereocenters. The molecule has 2 heterocycles. The smallest absolute Gasteiger partial charge is 0.122 e. The molecule has 0 spiro atoms. The molecule has 0 saturated carbocycles. The van der Waals surface area contributed by atoms with Gasteiger partial charge in [0.05, 0.1) is 19.0 Å². The normalized spacial score (nSPS) is 22.2. The number of ether oxygens (including phenoxy) is 2. The third-order valence-electron chi connectivity index (χ3n) is 6.09. The van der Waals surface area contributed by atoms with Gasteiger partial charge in [-0.25, -0.2) is 0 Å². The molecule has 3 rings (SSSR count). The molecule has 0 amide bonds. The largest absolute Gasteiger partial charge is 0.496 e. The lowest BCUT2D eigenvalue weighted by atomic mass is 9.73. The van der Waals surface area contributed by atoms with E-state index >= 15 is 0 Å². The van der Waals surface area contributed by atoms with Crippen LogP contribution in [0.3, 0.4) is 0 Å². The van der Waals surface area contributed by atoms with Crippen molar-refractivity contribution in [2.45, 2.75) is 44.6 Å². The van der Waals surface area contributed by atoms with Crippen LogP contribution in [0.5, 0.6) is 5.75 Å². The van der Waals surface area contributed by atoms with Crippen molar-refractivity contribution in [1.82, 2.24) is 10.2 Å². The fourth-order valence-electron chi connectivity index (χ4n) is 5.09. The van der Waals surface area contributed by atoms with E-state index < -0.39 is 0 Å². The third kappa shape index (κ3) is 5.87. The van der Waals surface area contributed by atoms with Crippen LogP contribution in [0.25, 0.3) is 0 Å². The van der Waals surface area contributed by atoms with Gasteiger partial charge in [-0.05, 0) is 71.9 Å². The molecule has 2 unspecified atom stereocenters. The fraction of sp³-hybridized carbons (Fsp3) is 0.600. The third-order valence-corrected chi connectivity index (χ3v) is 6.09. The van der Waals surface area contributed by atoms with Crippen LogP contribution < -0.4 is 10.1 Å². The first-order chi connectivity index (χ1) is 14.3. The number of rotatable bonds is 10. The van der Waals surface area contributed by atoms with Gasteiger partial charge in [-0.3, -0.25) is 0 Å². The molecule has 1 aliphatic heterocycles. The van der Waals surface area contributed by atoms with E-state index in [2.05, 4.69) is 56.4 Å². The Balaban J connectivity index is 1.67. The summed E-state index contributed by atoms with van der Waals surface area (Å²) in [7, 11) is 6.06. The quantitative estimate of drug-likeness (QED) is 0.579. The minimum absolute atomic E-state index is 0.0654. The summed E-state index contributed by atoms with van der Waals surface area (Å²) in [6.45, 7) is 8.24. The first-order valence-corrected chi connectivity index (χ1v) is 11.0. The molecular weight excluding hydrogens is 376 g/mol. The first kappa shape index (κ1) is 22.9. The summed E-state index contributed by atoms with van der Waals surface area (Å²) < 4.78 is 17.4. The molecule has 1 aromatic carbocycles. The number of nitrogens with zero attached hydrogens (tertiary/aromatic N) is 1. The van der Waals surface area contributed by atoms with Gasteiger partial charge in [0.1, 0.15) is 11.5 Å². The average Bonchev–Trinajstić information content (AvgIpc) is 3.21. The van der Waals surface area contributed by atoms with Crippen molar-refractivity contribution in [3.8, 4) is 5.75 Å². The van der Waals surface area contributed by atoms with Crippen LogP contribution in [0.2, 0.25) is 0 Å². The Labute approximate surface area is 181 Å². The van der Waals surface area contributed by atoms with E-state index in [0.717, 1.165) is 57.0 Å². The molecule has 1 aromatic heterocycles. The first-order valence-electron chi connectivity index (χ1n) is 11.0. The molecule has 1 N–H and O–H groups in total. The number of hydrogen-bond acceptors (Lipinski definition) is 5. The molecule has 0 bridgehead atoms. The Morgan fingerprint density at radius 1 is 1.17 bits per heavy atom. The molecule has 0 aliphatic carbocycles. The van der Waals surface area contributed by atoms with Gasteiger partial charge in [-0.2, -0.15) is 0 Å². The zero-order valence-electron chi connectivity index (χ0n) is 19.2. The number of hydrogen-bond donors (Lipinski definition) is 1. The summed E-state index contributed by atoms with van der Waals surface area (Å²) in [5.41, 5.74) is 1.34. The Morgan fingerprint density at radius 2 is 1.97 bits per heavy atom. The lowest BCUT2D eigenvalue weighted by Crippen LogP contribution is -2.51. The van der Waals surface area contributed by atoms with Gasteiger partial charge in [0, 0.05) is 36.6 Å². The molecule has 5 nitrogen and oxygen atoms in total. The summed E-state index contributed by atoms with van der Waals surface area (Å²) in [5, 5.41) is 3.77. The predicted molar refractivity (Wildman–Crippen MR) is 121 cm³/mol. The molecule has 1 aliphatic rings. The van der Waals surface area contributed by atoms with Gasteiger partial charge in [0.2, 0.25) is 0 Å². The van der Waals surface area contributed by atoms with E-state index in [9.17, 15) is 0 Å². The van der Waals surface area contributed by atoms with Gasteiger partial charge in [-0.15, -0.1) is 0 Å². The van der Waals surface area contributed by atoms with Crippen molar-refractivity contribution in [2.24, 2.45) is 5.41 Å². The highest BCUT2D eigenvalue weighted by Crippen LogP contribution is 2.39.